The van der Waals surface area contributed by atoms with Crippen LogP contribution in [-0.4, -0.2) is 54.4 Å². The highest BCUT2D eigenvalue weighted by atomic mass is 79.9. The Hall–Kier alpha value is -1.98. The highest BCUT2D eigenvalue weighted by Crippen LogP contribution is 2.31. The average Bonchev–Trinajstić information content (AvgIpc) is 2.86. The molecule has 4 nitrogen and oxygen atoms in total. The Bertz CT molecular complexity index is 907. The predicted octanol–water partition coefficient (Wildman–Crippen LogP) is 7.58. The van der Waals surface area contributed by atoms with Gasteiger partial charge in [-0.1, -0.05) is 61.3 Å². The second-order valence-corrected chi connectivity index (χ2v) is 9.38. The van der Waals surface area contributed by atoms with Crippen molar-refractivity contribution < 1.29 is 4.79 Å². The summed E-state index contributed by atoms with van der Waals surface area (Å²) in [6, 6.07) is 10.2. The monoisotopic (exact) mass is 529 g/mol. The Labute approximate surface area is 216 Å². The largest absolute Gasteiger partial charge is 0.345 e. The third kappa shape index (κ3) is 8.06. The fraction of sp³-hybridized carbons (Fsp3) is 0.517. The van der Waals surface area contributed by atoms with Gasteiger partial charge in [-0.05, 0) is 82.0 Å². The number of allylic oxidation sites excluding steroid dienone is 1. The van der Waals surface area contributed by atoms with E-state index in [0.29, 0.717) is 5.92 Å². The number of hydrogen-bond donors (Lipinski definition) is 0. The Kier molecular flexibility index (Phi) is 13.4. The zero-order chi connectivity index (χ0) is 25.8. The molecule has 0 radical (unpaired) electrons. The van der Waals surface area contributed by atoms with E-state index in [0.717, 1.165) is 48.2 Å². The first-order chi connectivity index (χ1) is 16.3. The second-order valence-electron chi connectivity index (χ2n) is 8.53. The van der Waals surface area contributed by atoms with E-state index in [4.69, 9.17) is 0 Å². The van der Waals surface area contributed by atoms with Gasteiger partial charge in [0, 0.05) is 48.1 Å². The van der Waals surface area contributed by atoms with Gasteiger partial charge in [0.15, 0.2) is 0 Å². The van der Waals surface area contributed by atoms with E-state index in [-0.39, 0.29) is 5.91 Å². The number of pyridine rings is 1. The van der Waals surface area contributed by atoms with Crippen LogP contribution in [0, 0.1) is 6.92 Å². The van der Waals surface area contributed by atoms with Gasteiger partial charge in [0.05, 0.1) is 0 Å². The summed E-state index contributed by atoms with van der Waals surface area (Å²) in [6.07, 6.45) is 4.16. The van der Waals surface area contributed by atoms with Crippen molar-refractivity contribution in [1.82, 2.24) is 14.8 Å². The minimum absolute atomic E-state index is 0.0597. The zero-order valence-electron chi connectivity index (χ0n) is 22.7. The summed E-state index contributed by atoms with van der Waals surface area (Å²) in [5.41, 5.74) is 7.11. The number of amides is 1. The number of aryl methyl sites for hydroxylation is 1. The molecule has 1 fully saturated rings. The second kappa shape index (κ2) is 15.1. The van der Waals surface area contributed by atoms with Crippen molar-refractivity contribution >= 4 is 27.4 Å². The summed E-state index contributed by atoms with van der Waals surface area (Å²) in [4.78, 5) is 20.7. The number of halogens is 1. The van der Waals surface area contributed by atoms with Crippen molar-refractivity contribution in [2.45, 2.75) is 67.2 Å². The van der Waals surface area contributed by atoms with E-state index >= 15 is 0 Å². The Morgan fingerprint density at radius 3 is 2.09 bits per heavy atom. The van der Waals surface area contributed by atoms with Gasteiger partial charge in [-0.15, -0.1) is 0 Å². The summed E-state index contributed by atoms with van der Waals surface area (Å²) < 4.78 is 1.11. The van der Waals surface area contributed by atoms with Gasteiger partial charge in [0.1, 0.15) is 0 Å². The van der Waals surface area contributed by atoms with Crippen molar-refractivity contribution in [2.24, 2.45) is 0 Å². The van der Waals surface area contributed by atoms with Crippen LogP contribution in [0.25, 0.3) is 5.57 Å². The third-order valence-corrected chi connectivity index (χ3v) is 6.85. The number of piperidine rings is 1. The lowest BCUT2D eigenvalue weighted by atomic mass is 9.88. The Morgan fingerprint density at radius 1 is 1.03 bits per heavy atom. The van der Waals surface area contributed by atoms with Crippen LogP contribution in [0.15, 0.2) is 46.6 Å². The number of likely N-dealkylation sites (tertiary alicyclic amines) is 1. The summed E-state index contributed by atoms with van der Waals surface area (Å²) in [7, 11) is 3.58. The molecule has 3 rings (SSSR count). The number of rotatable bonds is 5. The van der Waals surface area contributed by atoms with Gasteiger partial charge in [0.25, 0.3) is 5.91 Å². The molecule has 1 aromatic carbocycles. The predicted molar refractivity (Wildman–Crippen MR) is 151 cm³/mol. The number of aromatic nitrogens is 1. The highest BCUT2D eigenvalue weighted by Gasteiger charge is 2.22. The summed E-state index contributed by atoms with van der Waals surface area (Å²) >= 11 is 3.69. The van der Waals surface area contributed by atoms with Crippen molar-refractivity contribution in [2.75, 3.05) is 33.7 Å². The first-order valence-corrected chi connectivity index (χ1v) is 13.4. The molecule has 1 aromatic heterocycles. The lowest BCUT2D eigenvalue weighted by molar-refractivity contribution is 0.0827. The third-order valence-electron chi connectivity index (χ3n) is 6.19. The molecule has 0 spiro atoms. The Morgan fingerprint density at radius 2 is 1.59 bits per heavy atom. The van der Waals surface area contributed by atoms with Gasteiger partial charge in [-0.25, -0.2) is 0 Å². The minimum atomic E-state index is 0.0597. The molecule has 1 amide bonds. The number of carbonyl (C=O) groups is 1. The van der Waals surface area contributed by atoms with Crippen LogP contribution < -0.4 is 0 Å². The van der Waals surface area contributed by atoms with Gasteiger partial charge >= 0.3 is 0 Å². The molecule has 0 bridgehead atoms. The average molecular weight is 531 g/mol. The summed E-state index contributed by atoms with van der Waals surface area (Å²) in [5.74, 6) is 0.634. The summed E-state index contributed by atoms with van der Waals surface area (Å²) in [5, 5.41) is 0. The molecule has 1 aliphatic heterocycles. The Balaban J connectivity index is 0.00000137. The maximum atomic E-state index is 12.1. The first kappa shape index (κ1) is 30.1. The fourth-order valence-corrected chi connectivity index (χ4v) is 4.94. The number of nitrogens with zero attached hydrogens (tertiary/aromatic N) is 3. The van der Waals surface area contributed by atoms with Crippen LogP contribution in [0.5, 0.6) is 0 Å². The molecule has 0 saturated carbocycles. The zero-order valence-corrected chi connectivity index (χ0v) is 24.3. The van der Waals surface area contributed by atoms with E-state index in [9.17, 15) is 4.79 Å². The molecule has 0 N–H and O–H groups in total. The lowest BCUT2D eigenvalue weighted by Crippen LogP contribution is -2.34. The standard InChI is InChI=1S/C25H32BrN3O.2C2H6/c1-17(18(2)24-19(3)27-13-10-23(24)26)16-29-14-11-21(12-15-29)20-6-8-22(9-7-20)25(30)28(4)5;2*1-2/h6-10,13,21H,11-12,14-16H2,1-5H3;2*1-2H3/b18-17+;;. The summed E-state index contributed by atoms with van der Waals surface area (Å²) in [6.45, 7) is 17.7. The maximum Gasteiger partial charge on any atom is 0.253 e. The SMILES string of the molecule is C/C(CN1CCC(c2ccc(C(=O)N(C)C)cc2)CC1)=C(/C)c1c(Br)ccnc1C.CC.CC. The molecule has 0 unspecified atom stereocenters. The maximum absolute atomic E-state index is 12.1. The topological polar surface area (TPSA) is 36.4 Å². The van der Waals surface area contributed by atoms with Crippen LogP contribution in [0.1, 0.15) is 87.5 Å². The molecular weight excluding hydrogens is 486 g/mol. The van der Waals surface area contributed by atoms with E-state index < -0.39 is 0 Å². The molecule has 2 heterocycles. The molecule has 1 aliphatic rings. The van der Waals surface area contributed by atoms with E-state index in [1.807, 2.05) is 52.1 Å². The molecular formula is C29H44BrN3O. The van der Waals surface area contributed by atoms with E-state index in [1.54, 1.807) is 19.0 Å². The van der Waals surface area contributed by atoms with E-state index in [2.05, 4.69) is 58.7 Å². The number of hydrogen-bond acceptors (Lipinski definition) is 3. The smallest absolute Gasteiger partial charge is 0.253 e. The molecule has 1 saturated heterocycles. The lowest BCUT2D eigenvalue weighted by Gasteiger charge is -2.33. The number of carbonyl (C=O) groups excluding carboxylic acids is 1. The molecule has 188 valence electrons. The molecule has 0 atom stereocenters. The van der Waals surface area contributed by atoms with Crippen molar-refractivity contribution in [3.05, 3.63) is 69.0 Å². The van der Waals surface area contributed by atoms with Gasteiger partial charge in [0.2, 0.25) is 0 Å². The van der Waals surface area contributed by atoms with Gasteiger partial charge in [-0.3, -0.25) is 14.7 Å². The number of benzene rings is 1. The molecule has 5 heteroatoms. The van der Waals surface area contributed by atoms with Crippen LogP contribution in [0.2, 0.25) is 0 Å². The van der Waals surface area contributed by atoms with Crippen molar-refractivity contribution in [1.29, 1.82) is 0 Å². The van der Waals surface area contributed by atoms with Gasteiger partial charge < -0.3 is 4.90 Å². The van der Waals surface area contributed by atoms with Crippen LogP contribution >= 0.6 is 15.9 Å². The normalized spacial score (nSPS) is 14.8. The van der Waals surface area contributed by atoms with Crippen LogP contribution in [0.3, 0.4) is 0 Å². The van der Waals surface area contributed by atoms with Gasteiger partial charge in [-0.2, -0.15) is 0 Å². The van der Waals surface area contributed by atoms with Crippen molar-refractivity contribution in [3.8, 4) is 0 Å². The van der Waals surface area contributed by atoms with Crippen molar-refractivity contribution in [3.63, 3.8) is 0 Å². The molecule has 2 aromatic rings. The van der Waals surface area contributed by atoms with E-state index in [1.165, 1.54) is 22.3 Å². The highest BCUT2D eigenvalue weighted by molar-refractivity contribution is 9.10. The quantitative estimate of drug-likeness (QED) is 0.400. The molecule has 34 heavy (non-hydrogen) atoms. The van der Waals surface area contributed by atoms with Crippen LogP contribution in [0.4, 0.5) is 0 Å². The first-order valence-electron chi connectivity index (χ1n) is 12.6. The minimum Gasteiger partial charge on any atom is -0.345 e. The molecule has 0 aliphatic carbocycles. The van der Waals surface area contributed by atoms with Crippen LogP contribution in [-0.2, 0) is 0 Å². The fourth-order valence-electron chi connectivity index (χ4n) is 4.23.